The van der Waals surface area contributed by atoms with Gasteiger partial charge in [-0.2, -0.15) is 10.2 Å². The van der Waals surface area contributed by atoms with E-state index in [-0.39, 0.29) is 45.3 Å². The molecule has 5 N–H and O–H groups in total. The molecule has 0 spiro atoms. The number of aromatic nitrogens is 4. The van der Waals surface area contributed by atoms with Gasteiger partial charge in [0.15, 0.2) is 11.4 Å². The highest BCUT2D eigenvalue weighted by atomic mass is 32.2. The van der Waals surface area contributed by atoms with E-state index in [2.05, 4.69) is 40.8 Å². The second kappa shape index (κ2) is 18.8. The number of aromatic carboxylic acids is 1. The summed E-state index contributed by atoms with van der Waals surface area (Å²) in [5.74, 6) is -0.867. The molecule has 2 atom stereocenters. The molecule has 2 fully saturated rings. The van der Waals surface area contributed by atoms with Crippen molar-refractivity contribution in [1.29, 1.82) is 0 Å². The second-order valence-corrected chi connectivity index (χ2v) is 16.4. The van der Waals surface area contributed by atoms with Gasteiger partial charge in [0.25, 0.3) is 0 Å². The number of thioether (sulfide) groups is 2. The first-order valence-corrected chi connectivity index (χ1v) is 20.7. The fourth-order valence-electron chi connectivity index (χ4n) is 6.79. The molecule has 2 aromatic heterocycles. The first-order valence-electron chi connectivity index (χ1n) is 18.6. The summed E-state index contributed by atoms with van der Waals surface area (Å²) in [6, 6.07) is 23.6. The predicted molar refractivity (Wildman–Crippen MR) is 224 cm³/mol. The topological polar surface area (TPSA) is 186 Å². The van der Waals surface area contributed by atoms with Crippen molar-refractivity contribution in [2.45, 2.75) is 23.6 Å². The van der Waals surface area contributed by atoms with Crippen molar-refractivity contribution in [3.63, 3.8) is 0 Å². The Labute approximate surface area is 345 Å². The number of H-pyrrole nitrogens is 2. The van der Waals surface area contributed by atoms with Gasteiger partial charge >= 0.3 is 11.9 Å². The third kappa shape index (κ3) is 10.1. The van der Waals surface area contributed by atoms with E-state index in [0.29, 0.717) is 70.5 Å². The number of halogens is 2. The molecule has 18 heteroatoms. The minimum Gasteiger partial charge on any atom is -0.476 e. The molecule has 306 valence electrons. The number of hydrogen-bond acceptors (Lipinski definition) is 11. The Balaban J connectivity index is 0.000000179. The van der Waals surface area contributed by atoms with Crippen molar-refractivity contribution in [2.24, 2.45) is 0 Å². The Morgan fingerprint density at radius 1 is 0.729 bits per heavy atom. The summed E-state index contributed by atoms with van der Waals surface area (Å²) >= 11 is 3.15. The number of nitrogens with one attached hydrogen (secondary N) is 4. The number of carbonyl (C=O) groups is 4. The van der Waals surface area contributed by atoms with E-state index in [1.807, 2.05) is 6.07 Å². The van der Waals surface area contributed by atoms with Gasteiger partial charge in [-0.05, 0) is 48.5 Å². The highest BCUT2D eigenvalue weighted by Gasteiger charge is 2.29. The number of methoxy groups -OCH3 is 1. The number of nitrogens with zero attached hydrogens (tertiary/aromatic N) is 4. The number of ether oxygens (including phenoxy) is 1. The standard InChI is InChI=1S/C21H21FN4O3S.C20H19FN4O3S/c1-29-21(28)19-15-10-14(6-7-17(15)24-25-19)23-20(27)18-12-26(8-9-30-18)11-13-4-2-3-5-16(13)22;21-15-4-2-1-3-12(15)10-25-7-8-29-17(11-25)19(26)22-13-5-6-16-14(9-13)18(20(27)28)24-23-16/h2-7,10,18H,8-9,11-12H2,1H3,(H,23,27)(H,24,25);1-6,9,17H,7-8,10-11H2,(H,22,26)(H,23,24)(H,27,28). The highest BCUT2D eigenvalue weighted by Crippen LogP contribution is 2.27. The molecule has 0 saturated carbocycles. The number of carbonyl (C=O) groups excluding carboxylic acids is 3. The van der Waals surface area contributed by atoms with Crippen LogP contribution in [-0.4, -0.2) is 114 Å². The van der Waals surface area contributed by atoms with Crippen LogP contribution in [0.1, 0.15) is 32.1 Å². The van der Waals surface area contributed by atoms with Crippen LogP contribution in [0.3, 0.4) is 0 Å². The molecule has 14 nitrogen and oxygen atoms in total. The Bertz CT molecular complexity index is 2500. The molecule has 4 aromatic carbocycles. The number of amides is 2. The van der Waals surface area contributed by atoms with Crippen LogP contribution in [-0.2, 0) is 27.4 Å². The molecule has 2 unspecified atom stereocenters. The number of fused-ring (bicyclic) bond motifs is 2. The zero-order valence-corrected chi connectivity index (χ0v) is 33.4. The summed E-state index contributed by atoms with van der Waals surface area (Å²) in [6.07, 6.45) is 0. The largest absolute Gasteiger partial charge is 0.476 e. The Kier molecular flexibility index (Phi) is 13.2. The van der Waals surface area contributed by atoms with E-state index < -0.39 is 11.9 Å². The molecular formula is C41H40F2N8O6S2. The average molecular weight is 843 g/mol. The van der Waals surface area contributed by atoms with Gasteiger partial charge in [0.05, 0.1) is 28.6 Å². The van der Waals surface area contributed by atoms with Gasteiger partial charge in [0.2, 0.25) is 11.8 Å². The molecule has 0 radical (unpaired) electrons. The van der Waals surface area contributed by atoms with Gasteiger partial charge in [-0.3, -0.25) is 29.6 Å². The minimum absolute atomic E-state index is 0.0841. The van der Waals surface area contributed by atoms with E-state index in [9.17, 15) is 33.1 Å². The normalized spacial score (nSPS) is 17.2. The van der Waals surface area contributed by atoms with Crippen molar-refractivity contribution in [3.8, 4) is 0 Å². The van der Waals surface area contributed by atoms with Crippen molar-refractivity contribution >= 4 is 80.5 Å². The van der Waals surface area contributed by atoms with Crippen LogP contribution in [0, 0.1) is 11.6 Å². The Morgan fingerprint density at radius 3 is 1.64 bits per heavy atom. The fraction of sp³-hybridized carbons (Fsp3) is 0.268. The number of rotatable bonds is 10. The third-order valence-corrected chi connectivity index (χ3v) is 12.2. The summed E-state index contributed by atoms with van der Waals surface area (Å²) in [5, 5.41) is 28.6. The lowest BCUT2D eigenvalue weighted by Gasteiger charge is -2.31. The van der Waals surface area contributed by atoms with Crippen LogP contribution in [0.25, 0.3) is 21.8 Å². The minimum atomic E-state index is -1.13. The summed E-state index contributed by atoms with van der Waals surface area (Å²) in [6.45, 7) is 3.56. The van der Waals surface area contributed by atoms with E-state index in [1.165, 1.54) is 19.2 Å². The van der Waals surface area contributed by atoms with Crippen LogP contribution in [0.4, 0.5) is 20.2 Å². The maximum absolute atomic E-state index is 14.0. The van der Waals surface area contributed by atoms with Crippen molar-refractivity contribution in [1.82, 2.24) is 30.2 Å². The van der Waals surface area contributed by atoms with Gasteiger partial charge in [-0.25, -0.2) is 18.4 Å². The first kappa shape index (κ1) is 41.3. The van der Waals surface area contributed by atoms with Crippen molar-refractivity contribution in [3.05, 3.63) is 119 Å². The van der Waals surface area contributed by atoms with Crippen LogP contribution in [0.2, 0.25) is 0 Å². The lowest BCUT2D eigenvalue weighted by molar-refractivity contribution is -0.117. The molecule has 59 heavy (non-hydrogen) atoms. The molecule has 0 bridgehead atoms. The molecule has 4 heterocycles. The number of hydrogen-bond donors (Lipinski definition) is 5. The van der Waals surface area contributed by atoms with E-state index >= 15 is 0 Å². The third-order valence-electron chi connectivity index (χ3n) is 9.83. The van der Waals surface area contributed by atoms with E-state index in [1.54, 1.807) is 90.3 Å². The van der Waals surface area contributed by atoms with Gasteiger partial charge in [-0.1, -0.05) is 36.4 Å². The van der Waals surface area contributed by atoms with Crippen LogP contribution in [0.5, 0.6) is 0 Å². The SMILES string of the molecule is COC(=O)c1n[nH]c2ccc(NC(=O)C3CN(Cc4ccccc4F)CCS3)cc12.O=C(O)c1n[nH]c2ccc(NC(=O)C3CN(Cc4ccccc4F)CCS3)cc12. The number of carboxylic acids is 1. The van der Waals surface area contributed by atoms with Crippen LogP contribution >= 0.6 is 23.5 Å². The number of benzene rings is 4. The number of aromatic amines is 2. The second-order valence-electron chi connectivity index (χ2n) is 13.8. The maximum Gasteiger partial charge on any atom is 0.359 e. The fourth-order valence-corrected chi connectivity index (χ4v) is 9.14. The molecule has 2 aliphatic heterocycles. The maximum atomic E-state index is 14.0. The van der Waals surface area contributed by atoms with Crippen LogP contribution < -0.4 is 10.6 Å². The lowest BCUT2D eigenvalue weighted by atomic mass is 10.1. The van der Waals surface area contributed by atoms with E-state index in [0.717, 1.165) is 24.6 Å². The summed E-state index contributed by atoms with van der Waals surface area (Å²) in [4.78, 5) is 52.9. The van der Waals surface area contributed by atoms with Gasteiger partial charge in [-0.15, -0.1) is 23.5 Å². The lowest BCUT2D eigenvalue weighted by Crippen LogP contribution is -2.43. The van der Waals surface area contributed by atoms with Crippen molar-refractivity contribution in [2.75, 3.05) is 55.4 Å². The summed E-state index contributed by atoms with van der Waals surface area (Å²) < 4.78 is 32.6. The average Bonchev–Trinajstić information content (AvgIpc) is 3.87. The monoisotopic (exact) mass is 842 g/mol. The van der Waals surface area contributed by atoms with Crippen molar-refractivity contribution < 1.29 is 37.8 Å². The zero-order chi connectivity index (χ0) is 41.5. The summed E-state index contributed by atoms with van der Waals surface area (Å²) in [5.41, 5.74) is 3.68. The molecule has 8 rings (SSSR count). The Hall–Kier alpha value is -5.82. The molecule has 0 aliphatic carbocycles. The van der Waals surface area contributed by atoms with Gasteiger partial charge in [0, 0.05) is 84.0 Å². The molecular weight excluding hydrogens is 803 g/mol. The van der Waals surface area contributed by atoms with Gasteiger partial charge < -0.3 is 20.5 Å². The summed E-state index contributed by atoms with van der Waals surface area (Å²) in [7, 11) is 1.29. The quantitative estimate of drug-likeness (QED) is 0.102. The molecule has 2 saturated heterocycles. The van der Waals surface area contributed by atoms with Gasteiger partial charge in [0.1, 0.15) is 11.6 Å². The number of carboxylic acid groups (broad SMARTS) is 1. The molecule has 2 aliphatic rings. The Morgan fingerprint density at radius 2 is 1.19 bits per heavy atom. The number of anilines is 2. The smallest absolute Gasteiger partial charge is 0.359 e. The van der Waals surface area contributed by atoms with E-state index in [4.69, 9.17) is 4.74 Å². The first-order chi connectivity index (χ1) is 28.6. The zero-order valence-electron chi connectivity index (χ0n) is 31.7. The molecule has 2 amide bonds. The molecule has 6 aromatic rings. The highest BCUT2D eigenvalue weighted by molar-refractivity contribution is 8.01. The predicted octanol–water partition coefficient (Wildman–Crippen LogP) is 6.00. The van der Waals surface area contributed by atoms with Crippen LogP contribution in [0.15, 0.2) is 84.9 Å². The number of esters is 1.